The highest BCUT2D eigenvalue weighted by Gasteiger charge is 2.18. The zero-order valence-electron chi connectivity index (χ0n) is 13.1. The first-order valence-corrected chi connectivity index (χ1v) is 8.36. The fourth-order valence-electron chi connectivity index (χ4n) is 2.10. The molecule has 0 atom stereocenters. The number of rotatable bonds is 4. The third-order valence-corrected chi connectivity index (χ3v) is 4.30. The van der Waals surface area contributed by atoms with Crippen molar-refractivity contribution in [2.24, 2.45) is 5.14 Å². The van der Waals surface area contributed by atoms with Crippen molar-refractivity contribution in [2.45, 2.75) is 18.7 Å². The maximum absolute atomic E-state index is 12.5. The number of nitrogens with two attached hydrogens (primary N) is 1. The number of hydrogen-bond acceptors (Lipinski definition) is 4. The van der Waals surface area contributed by atoms with Crippen LogP contribution in [0.25, 0.3) is 0 Å². The van der Waals surface area contributed by atoms with Crippen molar-refractivity contribution in [2.75, 3.05) is 12.4 Å². The maximum Gasteiger partial charge on any atom is 0.259 e. The molecule has 122 valence electrons. The molecule has 7 heteroatoms. The zero-order valence-corrected chi connectivity index (χ0v) is 13.9. The molecule has 3 N–H and O–H groups in total. The molecule has 23 heavy (non-hydrogen) atoms. The number of aryl methyl sites for hydroxylation is 2. The van der Waals surface area contributed by atoms with Gasteiger partial charge in [-0.3, -0.25) is 4.79 Å². The van der Waals surface area contributed by atoms with Gasteiger partial charge in [0.15, 0.2) is 0 Å². The predicted octanol–water partition coefficient (Wildman–Crippen LogP) is 2.21. The van der Waals surface area contributed by atoms with E-state index in [0.29, 0.717) is 5.69 Å². The minimum Gasteiger partial charge on any atom is -0.496 e. The van der Waals surface area contributed by atoms with Gasteiger partial charge in [-0.15, -0.1) is 0 Å². The second kappa shape index (κ2) is 6.39. The van der Waals surface area contributed by atoms with Crippen molar-refractivity contribution in [3.8, 4) is 5.75 Å². The van der Waals surface area contributed by atoms with Crippen LogP contribution in [0.1, 0.15) is 21.5 Å². The van der Waals surface area contributed by atoms with Crippen LogP contribution in [-0.2, 0) is 10.0 Å². The van der Waals surface area contributed by atoms with E-state index >= 15 is 0 Å². The standard InChI is InChI=1S/C16H18N2O4S/c1-10-4-5-11(2)14(8-10)18-16(19)13-9-12(23(17,20)21)6-7-15(13)22-3/h4-9H,1-3H3,(H,18,19)(H2,17,20,21). The number of hydrogen-bond donors (Lipinski definition) is 2. The highest BCUT2D eigenvalue weighted by Crippen LogP contribution is 2.24. The van der Waals surface area contributed by atoms with Crippen LogP contribution in [0.4, 0.5) is 5.69 Å². The first-order chi connectivity index (χ1) is 10.7. The molecule has 0 unspecified atom stereocenters. The molecule has 0 bridgehead atoms. The highest BCUT2D eigenvalue weighted by atomic mass is 32.2. The Hall–Kier alpha value is -2.38. The quantitative estimate of drug-likeness (QED) is 0.895. The van der Waals surface area contributed by atoms with Gasteiger partial charge >= 0.3 is 0 Å². The van der Waals surface area contributed by atoms with Gasteiger partial charge in [0, 0.05) is 5.69 Å². The first kappa shape index (κ1) is 17.0. The summed E-state index contributed by atoms with van der Waals surface area (Å²) in [6.45, 7) is 3.78. The van der Waals surface area contributed by atoms with Crippen molar-refractivity contribution in [3.05, 3.63) is 53.1 Å². The number of carbonyl (C=O) groups is 1. The van der Waals surface area contributed by atoms with Crippen molar-refractivity contribution >= 4 is 21.6 Å². The Balaban J connectivity index is 2.43. The van der Waals surface area contributed by atoms with Gasteiger partial charge in [-0.2, -0.15) is 0 Å². The number of nitrogens with one attached hydrogen (secondary N) is 1. The summed E-state index contributed by atoms with van der Waals surface area (Å²) in [5, 5.41) is 7.88. The van der Waals surface area contributed by atoms with Crippen LogP contribution >= 0.6 is 0 Å². The van der Waals surface area contributed by atoms with Crippen molar-refractivity contribution in [1.82, 2.24) is 0 Å². The summed E-state index contributed by atoms with van der Waals surface area (Å²) < 4.78 is 28.1. The summed E-state index contributed by atoms with van der Waals surface area (Å²) in [4.78, 5) is 12.4. The monoisotopic (exact) mass is 334 g/mol. The Kier molecular flexibility index (Phi) is 4.72. The molecule has 6 nitrogen and oxygen atoms in total. The second-order valence-corrected chi connectivity index (χ2v) is 6.74. The third kappa shape index (κ3) is 3.88. The van der Waals surface area contributed by atoms with Gasteiger partial charge in [0.2, 0.25) is 10.0 Å². The lowest BCUT2D eigenvalue weighted by Gasteiger charge is -2.12. The molecule has 0 saturated heterocycles. The minimum atomic E-state index is -3.91. The molecule has 0 aliphatic heterocycles. The minimum absolute atomic E-state index is 0.0972. The lowest BCUT2D eigenvalue weighted by molar-refractivity contribution is 0.102. The molecule has 2 aromatic carbocycles. The molecule has 0 fully saturated rings. The summed E-state index contributed by atoms with van der Waals surface area (Å²) in [6, 6.07) is 9.56. The number of primary sulfonamides is 1. The van der Waals surface area contributed by atoms with Crippen molar-refractivity contribution in [3.63, 3.8) is 0 Å². The zero-order chi connectivity index (χ0) is 17.2. The molecule has 0 spiro atoms. The first-order valence-electron chi connectivity index (χ1n) is 6.82. The average molecular weight is 334 g/mol. The molecular weight excluding hydrogens is 316 g/mol. The van der Waals surface area contributed by atoms with Crippen LogP contribution in [-0.4, -0.2) is 21.4 Å². The molecule has 2 rings (SSSR count). The van der Waals surface area contributed by atoms with E-state index in [2.05, 4.69) is 5.32 Å². The van der Waals surface area contributed by atoms with Crippen LogP contribution in [0.15, 0.2) is 41.3 Å². The molecule has 2 aromatic rings. The van der Waals surface area contributed by atoms with Crippen LogP contribution in [0.2, 0.25) is 0 Å². The van der Waals surface area contributed by atoms with E-state index in [1.807, 2.05) is 32.0 Å². The molecule has 0 saturated carbocycles. The van der Waals surface area contributed by atoms with E-state index in [1.165, 1.54) is 25.3 Å². The van der Waals surface area contributed by atoms with E-state index < -0.39 is 15.9 Å². The summed E-state index contributed by atoms with van der Waals surface area (Å²) >= 11 is 0. The Bertz CT molecular complexity index is 860. The molecule has 0 aliphatic rings. The molecule has 0 heterocycles. The maximum atomic E-state index is 12.5. The summed E-state index contributed by atoms with van der Waals surface area (Å²) in [7, 11) is -2.50. The predicted molar refractivity (Wildman–Crippen MR) is 88.2 cm³/mol. The normalized spacial score (nSPS) is 11.1. The van der Waals surface area contributed by atoms with Crippen LogP contribution in [0.5, 0.6) is 5.75 Å². The van der Waals surface area contributed by atoms with Gasteiger partial charge in [0.1, 0.15) is 5.75 Å². The Labute approximate surface area is 135 Å². The van der Waals surface area contributed by atoms with Gasteiger partial charge in [-0.25, -0.2) is 13.6 Å². The van der Waals surface area contributed by atoms with E-state index in [-0.39, 0.29) is 16.2 Å². The Morgan fingerprint density at radius 1 is 1.13 bits per heavy atom. The number of methoxy groups -OCH3 is 1. The SMILES string of the molecule is COc1ccc(S(N)(=O)=O)cc1C(=O)Nc1cc(C)ccc1C. The number of carbonyl (C=O) groups excluding carboxylic acids is 1. The van der Waals surface area contributed by atoms with E-state index in [1.54, 1.807) is 0 Å². The molecule has 0 aliphatic carbocycles. The van der Waals surface area contributed by atoms with Gasteiger partial charge < -0.3 is 10.1 Å². The average Bonchev–Trinajstić information content (AvgIpc) is 2.49. The summed E-state index contributed by atoms with van der Waals surface area (Å²) in [5.74, 6) is -0.207. The number of amides is 1. The topological polar surface area (TPSA) is 98.5 Å². The summed E-state index contributed by atoms with van der Waals surface area (Å²) in [6.07, 6.45) is 0. The molecular formula is C16H18N2O4S. The fraction of sp³-hybridized carbons (Fsp3) is 0.188. The third-order valence-electron chi connectivity index (χ3n) is 3.39. The number of ether oxygens (including phenoxy) is 1. The highest BCUT2D eigenvalue weighted by molar-refractivity contribution is 7.89. The lowest BCUT2D eigenvalue weighted by atomic mass is 10.1. The fourth-order valence-corrected chi connectivity index (χ4v) is 2.64. The van der Waals surface area contributed by atoms with E-state index in [9.17, 15) is 13.2 Å². The molecule has 0 aromatic heterocycles. The van der Waals surface area contributed by atoms with E-state index in [0.717, 1.165) is 11.1 Å². The number of anilines is 1. The van der Waals surface area contributed by atoms with Gasteiger partial charge in [0.05, 0.1) is 17.6 Å². The van der Waals surface area contributed by atoms with E-state index in [4.69, 9.17) is 9.88 Å². The van der Waals surface area contributed by atoms with Crippen LogP contribution < -0.4 is 15.2 Å². The summed E-state index contributed by atoms with van der Waals surface area (Å²) in [5.41, 5.74) is 2.64. The second-order valence-electron chi connectivity index (χ2n) is 5.18. The molecule has 1 amide bonds. The van der Waals surface area contributed by atoms with Crippen LogP contribution in [0.3, 0.4) is 0 Å². The van der Waals surface area contributed by atoms with Gasteiger partial charge in [-0.05, 0) is 49.2 Å². The Morgan fingerprint density at radius 2 is 1.83 bits per heavy atom. The van der Waals surface area contributed by atoms with Crippen molar-refractivity contribution < 1.29 is 17.9 Å². The van der Waals surface area contributed by atoms with Gasteiger partial charge in [-0.1, -0.05) is 12.1 Å². The van der Waals surface area contributed by atoms with Gasteiger partial charge in [0.25, 0.3) is 5.91 Å². The number of sulfonamides is 1. The smallest absolute Gasteiger partial charge is 0.259 e. The molecule has 0 radical (unpaired) electrons. The lowest BCUT2D eigenvalue weighted by Crippen LogP contribution is -2.17. The largest absolute Gasteiger partial charge is 0.496 e. The van der Waals surface area contributed by atoms with Crippen LogP contribution in [0, 0.1) is 13.8 Å². The Morgan fingerprint density at radius 3 is 2.43 bits per heavy atom. The number of benzene rings is 2. The van der Waals surface area contributed by atoms with Crippen molar-refractivity contribution in [1.29, 1.82) is 0 Å².